The molecular formula is C32H25BN2. The van der Waals surface area contributed by atoms with Crippen molar-refractivity contribution in [3.05, 3.63) is 126 Å². The van der Waals surface area contributed by atoms with Crippen molar-refractivity contribution >= 4 is 57.2 Å². The van der Waals surface area contributed by atoms with E-state index >= 15 is 0 Å². The van der Waals surface area contributed by atoms with Crippen molar-refractivity contribution in [2.75, 3.05) is 9.80 Å². The molecule has 0 bridgehead atoms. The molecule has 3 heteroatoms. The molecule has 0 unspecified atom stereocenters. The van der Waals surface area contributed by atoms with E-state index in [1.807, 2.05) is 0 Å². The summed E-state index contributed by atoms with van der Waals surface area (Å²) in [6.07, 6.45) is 0. The highest BCUT2D eigenvalue weighted by atomic mass is 15.2. The fourth-order valence-electron chi connectivity index (χ4n) is 4.66. The molecule has 0 amide bonds. The lowest BCUT2D eigenvalue weighted by atomic mass is 9.33. The van der Waals surface area contributed by atoms with Crippen LogP contribution in [0.4, 0.5) is 34.1 Å². The normalized spacial score (nSPS) is 20.9. The molecule has 0 aliphatic carbocycles. The molecular weight excluding hydrogens is 423 g/mol. The van der Waals surface area contributed by atoms with Crippen molar-refractivity contribution in [1.29, 1.82) is 0 Å². The molecule has 35 heavy (non-hydrogen) atoms. The Balaban J connectivity index is 1.84. The molecule has 2 aliphatic heterocycles. The van der Waals surface area contributed by atoms with Crippen molar-refractivity contribution in [2.45, 2.75) is 13.8 Å². The Morgan fingerprint density at radius 1 is 0.514 bits per heavy atom. The van der Waals surface area contributed by atoms with Crippen molar-refractivity contribution < 1.29 is 26.0 Å². The van der Waals surface area contributed by atoms with Crippen molar-refractivity contribution in [1.82, 2.24) is 0 Å². The Kier molecular flexibility index (Phi) is 1.91. The van der Waals surface area contributed by atoms with Gasteiger partial charge in [-0.15, -0.1) is 0 Å². The molecule has 0 saturated carbocycles. The van der Waals surface area contributed by atoms with Crippen LogP contribution in [0.15, 0.2) is 115 Å². The van der Waals surface area contributed by atoms with Crippen LogP contribution in [0.25, 0.3) is 0 Å². The third kappa shape index (κ3) is 2.98. The van der Waals surface area contributed by atoms with Gasteiger partial charge in [-0.3, -0.25) is 0 Å². The summed E-state index contributed by atoms with van der Waals surface area (Å²) in [7, 11) is 0. The van der Waals surface area contributed by atoms with E-state index in [1.165, 1.54) is 13.8 Å². The van der Waals surface area contributed by atoms with Crippen LogP contribution in [0.1, 0.15) is 37.2 Å². The molecule has 2 heterocycles. The summed E-state index contributed by atoms with van der Waals surface area (Å²) in [5.41, 5.74) is -3.72. The zero-order valence-electron chi connectivity index (χ0n) is 37.5. The van der Waals surface area contributed by atoms with Gasteiger partial charge in [-0.05, 0) is 89.7 Å². The monoisotopic (exact) mass is 467 g/mol. The molecule has 2 aliphatic rings. The van der Waals surface area contributed by atoms with Gasteiger partial charge in [0, 0.05) is 34.1 Å². The fourth-order valence-corrected chi connectivity index (χ4v) is 4.66. The van der Waals surface area contributed by atoms with Gasteiger partial charge in [-0.25, -0.2) is 0 Å². The Morgan fingerprint density at radius 2 is 1.06 bits per heavy atom. The van der Waals surface area contributed by atoms with Gasteiger partial charge in [-0.2, -0.15) is 0 Å². The molecule has 0 spiro atoms. The minimum absolute atomic E-state index is 0.0787. The largest absolute Gasteiger partial charge is 0.311 e. The maximum atomic E-state index is 9.45. The quantitative estimate of drug-likeness (QED) is 0.272. The first-order valence-corrected chi connectivity index (χ1v) is 10.7. The van der Waals surface area contributed by atoms with Gasteiger partial charge in [0.2, 0.25) is 0 Å². The van der Waals surface area contributed by atoms with Crippen LogP contribution < -0.4 is 26.2 Å². The number of para-hydroxylation sites is 3. The first kappa shape index (κ1) is 8.76. The summed E-state index contributed by atoms with van der Waals surface area (Å²) in [5.74, 6) is 0. The molecule has 0 saturated heterocycles. The van der Waals surface area contributed by atoms with E-state index in [0.29, 0.717) is 0 Å². The van der Waals surface area contributed by atoms with Gasteiger partial charge in [0.1, 0.15) is 0 Å². The van der Waals surface area contributed by atoms with Gasteiger partial charge >= 0.3 is 0 Å². The summed E-state index contributed by atoms with van der Waals surface area (Å²) < 4.78 is 168. The standard InChI is InChI=1S/C32H25BN2/c1-22-11-10-14-25(19-22)35-29-18-9-7-16-27(29)33-26-15-6-8-17-28(26)34(24-12-4-3-5-13-24)30-20-23(2)21-31(35)32(30)33/h3-21H,1-2H3/i3D,4D,5D,6D,7D,8D,9D,10D,11D,12D,13D,14D,15D,16D,17D,18D,19D,20D,21D. The lowest BCUT2D eigenvalue weighted by Crippen LogP contribution is -2.61. The zero-order valence-corrected chi connectivity index (χ0v) is 18.5. The second-order valence-electron chi connectivity index (χ2n) is 8.06. The predicted octanol–water partition coefficient (Wildman–Crippen LogP) is 6.39. The lowest BCUT2D eigenvalue weighted by Gasteiger charge is -2.44. The predicted molar refractivity (Wildman–Crippen MR) is 150 cm³/mol. The summed E-state index contributed by atoms with van der Waals surface area (Å²) in [4.78, 5) is 1.95. The van der Waals surface area contributed by atoms with Crippen molar-refractivity contribution in [3.8, 4) is 0 Å². The number of anilines is 6. The molecule has 7 rings (SSSR count). The van der Waals surface area contributed by atoms with Crippen LogP contribution in [0, 0.1) is 13.8 Å². The summed E-state index contributed by atoms with van der Waals surface area (Å²) in [5, 5.41) is 0. The number of hydrogen-bond donors (Lipinski definition) is 0. The molecule has 0 fully saturated rings. The molecule has 5 aromatic rings. The molecule has 166 valence electrons. The van der Waals surface area contributed by atoms with E-state index in [9.17, 15) is 6.85 Å². The highest BCUT2D eigenvalue weighted by Gasteiger charge is 2.42. The van der Waals surface area contributed by atoms with Crippen LogP contribution in [-0.2, 0) is 0 Å². The van der Waals surface area contributed by atoms with Crippen molar-refractivity contribution in [2.24, 2.45) is 0 Å². The van der Waals surface area contributed by atoms with Gasteiger partial charge in [0.05, 0.1) is 26.0 Å². The molecule has 0 N–H and O–H groups in total. The minimum atomic E-state index is -1.62. The number of rotatable bonds is 2. The van der Waals surface area contributed by atoms with Crippen LogP contribution in [-0.4, -0.2) is 6.71 Å². The zero-order chi connectivity index (χ0) is 40.1. The fraction of sp³-hybridized carbons (Fsp3) is 0.0625. The number of hydrogen-bond acceptors (Lipinski definition) is 2. The summed E-state index contributed by atoms with van der Waals surface area (Å²) in [6, 6.07) is -13.3. The summed E-state index contributed by atoms with van der Waals surface area (Å²) in [6.45, 7) is 1.07. The third-order valence-corrected chi connectivity index (χ3v) is 5.94. The second kappa shape index (κ2) is 7.64. The van der Waals surface area contributed by atoms with Crippen LogP contribution in [0.5, 0.6) is 0 Å². The smallest absolute Gasteiger partial charge is 0.252 e. The van der Waals surface area contributed by atoms with Crippen LogP contribution >= 0.6 is 0 Å². The molecule has 0 aromatic heterocycles. The van der Waals surface area contributed by atoms with E-state index < -0.39 is 144 Å². The van der Waals surface area contributed by atoms with Crippen LogP contribution in [0.2, 0.25) is 0 Å². The van der Waals surface area contributed by atoms with E-state index in [0.717, 1.165) is 9.80 Å². The highest BCUT2D eigenvalue weighted by molar-refractivity contribution is 7.00. The van der Waals surface area contributed by atoms with Gasteiger partial charge in [-0.1, -0.05) is 66.5 Å². The number of fused-ring (bicyclic) bond motifs is 4. The second-order valence-corrected chi connectivity index (χ2v) is 8.06. The first-order valence-electron chi connectivity index (χ1n) is 20.2. The van der Waals surface area contributed by atoms with Crippen molar-refractivity contribution in [3.63, 3.8) is 0 Å². The number of nitrogens with zero attached hydrogens (tertiary/aromatic N) is 2. The molecule has 5 aromatic carbocycles. The van der Waals surface area contributed by atoms with E-state index in [4.69, 9.17) is 19.2 Å². The molecule has 2 nitrogen and oxygen atoms in total. The Labute approximate surface area is 233 Å². The Hall–Kier alpha value is -4.24. The van der Waals surface area contributed by atoms with E-state index in [1.54, 1.807) is 0 Å². The third-order valence-electron chi connectivity index (χ3n) is 5.94. The molecule has 0 atom stereocenters. The van der Waals surface area contributed by atoms with E-state index in [2.05, 4.69) is 0 Å². The van der Waals surface area contributed by atoms with Gasteiger partial charge < -0.3 is 9.80 Å². The maximum Gasteiger partial charge on any atom is 0.252 e. The van der Waals surface area contributed by atoms with Gasteiger partial charge in [0.25, 0.3) is 6.71 Å². The Bertz CT molecular complexity index is 2380. The van der Waals surface area contributed by atoms with E-state index in [-0.39, 0.29) is 38.9 Å². The van der Waals surface area contributed by atoms with Crippen LogP contribution in [0.3, 0.4) is 0 Å². The average Bonchev–Trinajstić information content (AvgIpc) is 3.15. The Morgan fingerprint density at radius 3 is 1.71 bits per heavy atom. The topological polar surface area (TPSA) is 6.48 Å². The SMILES string of the molecule is [2H]c1c([2H])c([2H])c(N2c3c([2H])c([2H])c([2H])c([2H])c3B3c4c([2H])c([2H])c([2H])c([2H])c4N(c4c([2H])c([2H])c([2H])c(C)c4[2H])c4c([2H])c(C)c([2H])c2c43)c([2H])c1[2H]. The van der Waals surface area contributed by atoms with Gasteiger partial charge in [0.15, 0.2) is 0 Å². The maximum absolute atomic E-state index is 9.45. The first-order chi connectivity index (χ1) is 25.1. The minimum Gasteiger partial charge on any atom is -0.311 e. The summed E-state index contributed by atoms with van der Waals surface area (Å²) >= 11 is 0. The number of benzene rings is 5. The average molecular weight is 467 g/mol. The lowest BCUT2D eigenvalue weighted by molar-refractivity contribution is 1.23. The highest BCUT2D eigenvalue weighted by Crippen LogP contribution is 2.44. The molecule has 0 radical (unpaired) electrons.